The number of benzene rings is 1. The zero-order chi connectivity index (χ0) is 15.2. The van der Waals surface area contributed by atoms with Crippen LogP contribution < -0.4 is 4.74 Å². The summed E-state index contributed by atoms with van der Waals surface area (Å²) in [5.74, 6) is 0.220. The maximum absolute atomic E-state index is 11.1. The minimum Gasteiger partial charge on any atom is -0.493 e. The summed E-state index contributed by atoms with van der Waals surface area (Å²) in [6.07, 6.45) is 3.50. The van der Waals surface area contributed by atoms with E-state index in [1.165, 1.54) is 19.4 Å². The molecule has 1 atom stereocenters. The molecule has 0 radical (unpaired) electrons. The van der Waals surface area contributed by atoms with Gasteiger partial charge in [-0.05, 0) is 43.9 Å². The molecule has 0 aromatic heterocycles. The summed E-state index contributed by atoms with van der Waals surface area (Å²) >= 11 is 0. The van der Waals surface area contributed by atoms with Crippen molar-refractivity contribution in [1.82, 2.24) is 4.90 Å². The number of carboxylic acids is 1. The average molecular weight is 291 g/mol. The molecule has 0 aliphatic carbocycles. The monoisotopic (exact) mass is 291 g/mol. The summed E-state index contributed by atoms with van der Waals surface area (Å²) in [4.78, 5) is 13.6. The predicted octanol–water partition coefficient (Wildman–Crippen LogP) is 3.27. The molecule has 0 spiro atoms. The molecule has 116 valence electrons. The zero-order valence-corrected chi connectivity index (χ0v) is 12.9. The van der Waals surface area contributed by atoms with Gasteiger partial charge >= 0.3 is 5.97 Å². The third kappa shape index (κ3) is 4.21. The van der Waals surface area contributed by atoms with Crippen LogP contribution in [0.1, 0.15) is 43.5 Å². The Morgan fingerprint density at radius 2 is 2.19 bits per heavy atom. The highest BCUT2D eigenvalue weighted by Crippen LogP contribution is 2.24. The van der Waals surface area contributed by atoms with Crippen molar-refractivity contribution in [3.05, 3.63) is 29.8 Å². The maximum atomic E-state index is 11.1. The fourth-order valence-electron chi connectivity index (χ4n) is 3.10. The lowest BCUT2D eigenvalue weighted by Gasteiger charge is -2.27. The molecule has 4 heteroatoms. The van der Waals surface area contributed by atoms with E-state index in [4.69, 9.17) is 9.84 Å². The number of rotatable bonds is 7. The van der Waals surface area contributed by atoms with E-state index in [9.17, 15) is 4.79 Å². The molecule has 0 bridgehead atoms. The zero-order valence-electron chi connectivity index (χ0n) is 12.9. The first kappa shape index (κ1) is 15.8. The second kappa shape index (κ2) is 7.46. The van der Waals surface area contributed by atoms with Gasteiger partial charge in [0.2, 0.25) is 0 Å². The quantitative estimate of drug-likeness (QED) is 0.783. The van der Waals surface area contributed by atoms with Gasteiger partial charge in [0.15, 0.2) is 0 Å². The van der Waals surface area contributed by atoms with Gasteiger partial charge in [0.1, 0.15) is 11.3 Å². The van der Waals surface area contributed by atoms with E-state index < -0.39 is 5.97 Å². The lowest BCUT2D eigenvalue weighted by atomic mass is 10.0. The Hall–Kier alpha value is -1.55. The molecule has 0 amide bonds. The van der Waals surface area contributed by atoms with Crippen LogP contribution >= 0.6 is 0 Å². The third-order valence-corrected chi connectivity index (χ3v) is 4.15. The van der Waals surface area contributed by atoms with Crippen LogP contribution in [0.15, 0.2) is 24.3 Å². The SMILES string of the molecule is CC(C)C1CCCN1CCCOc1ccccc1C(=O)O. The van der Waals surface area contributed by atoms with Crippen LogP contribution in [0.5, 0.6) is 5.75 Å². The highest BCUT2D eigenvalue weighted by molar-refractivity contribution is 5.90. The summed E-state index contributed by atoms with van der Waals surface area (Å²) in [6.45, 7) is 7.32. The van der Waals surface area contributed by atoms with Gasteiger partial charge < -0.3 is 14.7 Å². The second-order valence-corrected chi connectivity index (χ2v) is 5.99. The van der Waals surface area contributed by atoms with E-state index in [1.54, 1.807) is 24.3 Å². The van der Waals surface area contributed by atoms with Crippen molar-refractivity contribution in [1.29, 1.82) is 0 Å². The number of carbonyl (C=O) groups is 1. The Morgan fingerprint density at radius 1 is 1.43 bits per heavy atom. The van der Waals surface area contributed by atoms with Crippen molar-refractivity contribution in [2.75, 3.05) is 19.7 Å². The molecule has 21 heavy (non-hydrogen) atoms. The molecule has 1 saturated heterocycles. The van der Waals surface area contributed by atoms with Crippen LogP contribution in [0.3, 0.4) is 0 Å². The van der Waals surface area contributed by atoms with Crippen LogP contribution in [-0.4, -0.2) is 41.7 Å². The summed E-state index contributed by atoms with van der Waals surface area (Å²) in [6, 6.07) is 7.50. The highest BCUT2D eigenvalue weighted by Gasteiger charge is 2.26. The van der Waals surface area contributed by atoms with E-state index in [1.807, 2.05) is 0 Å². The number of hydrogen-bond donors (Lipinski definition) is 1. The molecule has 1 aliphatic rings. The van der Waals surface area contributed by atoms with Gasteiger partial charge in [-0.25, -0.2) is 4.79 Å². The molecular formula is C17H25NO3. The van der Waals surface area contributed by atoms with Crippen LogP contribution in [0.2, 0.25) is 0 Å². The third-order valence-electron chi connectivity index (χ3n) is 4.15. The van der Waals surface area contributed by atoms with Gasteiger partial charge in [0.25, 0.3) is 0 Å². The Morgan fingerprint density at radius 3 is 2.90 bits per heavy atom. The molecule has 1 aromatic carbocycles. The van der Waals surface area contributed by atoms with Gasteiger partial charge in [0, 0.05) is 12.6 Å². The number of likely N-dealkylation sites (tertiary alicyclic amines) is 1. The number of ether oxygens (including phenoxy) is 1. The Balaban J connectivity index is 1.79. The van der Waals surface area contributed by atoms with Crippen LogP contribution in [0, 0.1) is 5.92 Å². The maximum Gasteiger partial charge on any atom is 0.339 e. The van der Waals surface area contributed by atoms with Gasteiger partial charge in [0.05, 0.1) is 6.61 Å². The van der Waals surface area contributed by atoms with Gasteiger partial charge in [-0.3, -0.25) is 0 Å². The summed E-state index contributed by atoms with van der Waals surface area (Å²) in [7, 11) is 0. The highest BCUT2D eigenvalue weighted by atomic mass is 16.5. The molecule has 1 N–H and O–H groups in total. The first-order chi connectivity index (χ1) is 10.1. The number of nitrogens with zero attached hydrogens (tertiary/aromatic N) is 1. The van der Waals surface area contributed by atoms with Crippen LogP contribution in [0.25, 0.3) is 0 Å². The smallest absolute Gasteiger partial charge is 0.339 e. The minimum absolute atomic E-state index is 0.235. The fraction of sp³-hybridized carbons (Fsp3) is 0.588. The van der Waals surface area contributed by atoms with Crippen LogP contribution in [0.4, 0.5) is 0 Å². The summed E-state index contributed by atoms with van der Waals surface area (Å²) in [5.41, 5.74) is 0.235. The summed E-state index contributed by atoms with van der Waals surface area (Å²) in [5, 5.41) is 9.10. The van der Waals surface area contributed by atoms with Crippen molar-refractivity contribution in [2.45, 2.75) is 39.2 Å². The van der Waals surface area contributed by atoms with Gasteiger partial charge in [-0.1, -0.05) is 26.0 Å². The molecule has 1 unspecified atom stereocenters. The molecular weight excluding hydrogens is 266 g/mol. The topological polar surface area (TPSA) is 49.8 Å². The molecule has 0 saturated carbocycles. The number of aromatic carboxylic acids is 1. The molecule has 1 heterocycles. The lowest BCUT2D eigenvalue weighted by Crippen LogP contribution is -2.34. The Labute approximate surface area is 126 Å². The first-order valence-corrected chi connectivity index (χ1v) is 7.78. The molecule has 1 aliphatic heterocycles. The lowest BCUT2D eigenvalue weighted by molar-refractivity contribution is 0.0692. The largest absolute Gasteiger partial charge is 0.493 e. The van der Waals surface area contributed by atoms with Crippen molar-refractivity contribution in [3.8, 4) is 5.75 Å². The number of hydrogen-bond acceptors (Lipinski definition) is 3. The number of carboxylic acid groups (broad SMARTS) is 1. The van der Waals surface area contributed by atoms with Crippen molar-refractivity contribution in [2.24, 2.45) is 5.92 Å². The average Bonchev–Trinajstić information content (AvgIpc) is 2.92. The molecule has 4 nitrogen and oxygen atoms in total. The minimum atomic E-state index is -0.940. The van der Waals surface area contributed by atoms with E-state index >= 15 is 0 Å². The predicted molar refractivity (Wildman–Crippen MR) is 82.9 cm³/mol. The van der Waals surface area contributed by atoms with E-state index in [-0.39, 0.29) is 5.56 Å². The molecule has 1 fully saturated rings. The van der Waals surface area contributed by atoms with Gasteiger partial charge in [-0.15, -0.1) is 0 Å². The second-order valence-electron chi connectivity index (χ2n) is 5.99. The van der Waals surface area contributed by atoms with Crippen molar-refractivity contribution in [3.63, 3.8) is 0 Å². The normalized spacial score (nSPS) is 19.1. The summed E-state index contributed by atoms with van der Waals surface area (Å²) < 4.78 is 5.65. The van der Waals surface area contributed by atoms with E-state index in [2.05, 4.69) is 18.7 Å². The van der Waals surface area contributed by atoms with Crippen molar-refractivity contribution < 1.29 is 14.6 Å². The van der Waals surface area contributed by atoms with Gasteiger partial charge in [-0.2, -0.15) is 0 Å². The molecule has 1 aromatic rings. The van der Waals surface area contributed by atoms with E-state index in [0.717, 1.165) is 13.0 Å². The fourth-order valence-corrected chi connectivity index (χ4v) is 3.10. The van der Waals surface area contributed by atoms with Crippen LogP contribution in [-0.2, 0) is 0 Å². The van der Waals surface area contributed by atoms with Crippen molar-refractivity contribution >= 4 is 5.97 Å². The Bertz CT molecular complexity index is 473. The number of para-hydroxylation sites is 1. The van der Waals surface area contributed by atoms with E-state index in [0.29, 0.717) is 24.3 Å². The molecule has 2 rings (SSSR count). The first-order valence-electron chi connectivity index (χ1n) is 7.78. The standard InChI is InChI=1S/C17H25NO3/c1-13(2)15-8-5-10-18(15)11-6-12-21-16-9-4-3-7-14(16)17(19)20/h3-4,7,9,13,15H,5-6,8,10-12H2,1-2H3,(H,19,20). The Kier molecular flexibility index (Phi) is 5.62.